The molecule has 0 saturated carbocycles. The van der Waals surface area contributed by atoms with E-state index in [1.54, 1.807) is 13.2 Å². The second-order valence-electron chi connectivity index (χ2n) is 5.83. The number of aromatic nitrogens is 3. The van der Waals surface area contributed by atoms with Gasteiger partial charge in [-0.15, -0.1) is 0 Å². The Morgan fingerprint density at radius 3 is 2.60 bits per heavy atom. The topological polar surface area (TPSA) is 63.1 Å². The summed E-state index contributed by atoms with van der Waals surface area (Å²) in [7, 11) is 3.63. The Bertz CT molecular complexity index is 870. The molecule has 0 spiro atoms. The second kappa shape index (κ2) is 7.17. The number of benzene rings is 1. The molecule has 0 atom stereocenters. The van der Waals surface area contributed by atoms with Crippen LogP contribution in [0.4, 0.5) is 5.82 Å². The maximum absolute atomic E-state index is 11.6. The van der Waals surface area contributed by atoms with Gasteiger partial charge in [-0.3, -0.25) is 9.36 Å². The van der Waals surface area contributed by atoms with E-state index in [9.17, 15) is 4.79 Å². The number of nitrogens with zero attached hydrogens (tertiary/aromatic N) is 4. The number of amides is 1. The van der Waals surface area contributed by atoms with Gasteiger partial charge in [-0.1, -0.05) is 18.2 Å². The molecule has 0 unspecified atom stereocenters. The van der Waals surface area contributed by atoms with E-state index in [1.807, 2.05) is 67.2 Å². The zero-order chi connectivity index (χ0) is 17.8. The molecule has 0 aliphatic heterocycles. The predicted molar refractivity (Wildman–Crippen MR) is 98.0 cm³/mol. The van der Waals surface area contributed by atoms with Crippen molar-refractivity contribution in [3.05, 3.63) is 71.8 Å². The maximum atomic E-state index is 11.6. The lowest BCUT2D eigenvalue weighted by atomic mass is 10.1. The maximum Gasteiger partial charge on any atom is 0.251 e. The zero-order valence-corrected chi connectivity index (χ0v) is 14.6. The van der Waals surface area contributed by atoms with Crippen LogP contribution in [0.5, 0.6) is 0 Å². The number of pyridine rings is 1. The first-order valence-electron chi connectivity index (χ1n) is 8.08. The third-order valence-electron chi connectivity index (χ3n) is 4.05. The molecule has 2 heterocycles. The van der Waals surface area contributed by atoms with Crippen LogP contribution in [0, 0.1) is 6.92 Å². The number of nitrogens with one attached hydrogen (secondary N) is 1. The Balaban J connectivity index is 1.76. The van der Waals surface area contributed by atoms with E-state index in [1.165, 1.54) is 0 Å². The summed E-state index contributed by atoms with van der Waals surface area (Å²) in [6, 6.07) is 13.5. The summed E-state index contributed by atoms with van der Waals surface area (Å²) < 4.78 is 1.95. The average molecular weight is 335 g/mol. The molecule has 0 aliphatic carbocycles. The van der Waals surface area contributed by atoms with Crippen molar-refractivity contribution in [2.24, 2.45) is 0 Å². The standard InChI is InChI=1S/C19H21N5O/c1-14-21-11-12-24(14)18-6-4-5-17(22-18)23(3)13-15-7-9-16(10-8-15)19(25)20-2/h4-12H,13H2,1-3H3,(H,20,25). The van der Waals surface area contributed by atoms with E-state index in [2.05, 4.69) is 15.2 Å². The van der Waals surface area contributed by atoms with Crippen molar-refractivity contribution in [3.8, 4) is 5.82 Å². The van der Waals surface area contributed by atoms with Gasteiger partial charge in [-0.05, 0) is 36.8 Å². The van der Waals surface area contributed by atoms with E-state index in [4.69, 9.17) is 4.98 Å². The van der Waals surface area contributed by atoms with Crippen molar-refractivity contribution in [2.45, 2.75) is 13.5 Å². The van der Waals surface area contributed by atoms with Crippen LogP contribution >= 0.6 is 0 Å². The predicted octanol–water partition coefficient (Wildman–Crippen LogP) is 2.57. The van der Waals surface area contributed by atoms with Gasteiger partial charge in [0.05, 0.1) is 0 Å². The van der Waals surface area contributed by atoms with E-state index in [-0.39, 0.29) is 5.91 Å². The number of hydrogen-bond donors (Lipinski definition) is 1. The van der Waals surface area contributed by atoms with Crippen molar-refractivity contribution in [1.29, 1.82) is 0 Å². The molecule has 0 aliphatic rings. The number of imidazole rings is 1. The number of carbonyl (C=O) groups is 1. The first-order valence-corrected chi connectivity index (χ1v) is 8.08. The van der Waals surface area contributed by atoms with Crippen LogP contribution in [0.2, 0.25) is 0 Å². The Morgan fingerprint density at radius 2 is 1.96 bits per heavy atom. The molecule has 1 aromatic carbocycles. The minimum absolute atomic E-state index is 0.0787. The minimum atomic E-state index is -0.0787. The average Bonchev–Trinajstić information content (AvgIpc) is 3.07. The second-order valence-corrected chi connectivity index (χ2v) is 5.83. The van der Waals surface area contributed by atoms with Crippen LogP contribution in [0.1, 0.15) is 21.7 Å². The molecule has 0 fully saturated rings. The van der Waals surface area contributed by atoms with Crippen LogP contribution in [0.15, 0.2) is 54.9 Å². The highest BCUT2D eigenvalue weighted by Crippen LogP contribution is 2.16. The van der Waals surface area contributed by atoms with Crippen molar-refractivity contribution in [1.82, 2.24) is 19.9 Å². The first-order chi connectivity index (χ1) is 12.1. The molecule has 0 bridgehead atoms. The molecule has 2 aromatic heterocycles. The van der Waals surface area contributed by atoms with Crippen LogP contribution < -0.4 is 10.2 Å². The number of rotatable bonds is 5. The Morgan fingerprint density at radius 1 is 1.20 bits per heavy atom. The quantitative estimate of drug-likeness (QED) is 0.778. The van der Waals surface area contributed by atoms with E-state index in [0.717, 1.165) is 23.0 Å². The third-order valence-corrected chi connectivity index (χ3v) is 4.05. The summed E-state index contributed by atoms with van der Waals surface area (Å²) in [5, 5.41) is 2.62. The van der Waals surface area contributed by atoms with E-state index < -0.39 is 0 Å². The first kappa shape index (κ1) is 16.7. The SMILES string of the molecule is CNC(=O)c1ccc(CN(C)c2cccc(-n3ccnc3C)n2)cc1. The van der Waals surface area contributed by atoms with Crippen molar-refractivity contribution in [2.75, 3.05) is 19.0 Å². The van der Waals surface area contributed by atoms with E-state index >= 15 is 0 Å². The Hall–Kier alpha value is -3.15. The third kappa shape index (κ3) is 3.68. The molecule has 6 nitrogen and oxygen atoms in total. The van der Waals surface area contributed by atoms with Gasteiger partial charge in [0.15, 0.2) is 0 Å². The number of aryl methyl sites for hydroxylation is 1. The summed E-state index contributed by atoms with van der Waals surface area (Å²) in [5.41, 5.74) is 1.77. The van der Waals surface area contributed by atoms with Crippen molar-refractivity contribution < 1.29 is 4.79 Å². The fraction of sp³-hybridized carbons (Fsp3) is 0.211. The lowest BCUT2D eigenvalue weighted by molar-refractivity contribution is 0.0963. The van der Waals surface area contributed by atoms with Gasteiger partial charge < -0.3 is 10.2 Å². The highest BCUT2D eigenvalue weighted by atomic mass is 16.1. The monoisotopic (exact) mass is 335 g/mol. The molecule has 3 aromatic rings. The van der Waals surface area contributed by atoms with Gasteiger partial charge in [-0.25, -0.2) is 9.97 Å². The molecule has 25 heavy (non-hydrogen) atoms. The van der Waals surface area contributed by atoms with Gasteiger partial charge in [0.25, 0.3) is 5.91 Å². The van der Waals surface area contributed by atoms with Gasteiger partial charge in [0, 0.05) is 38.6 Å². The highest BCUT2D eigenvalue weighted by Gasteiger charge is 2.08. The summed E-state index contributed by atoms with van der Waals surface area (Å²) in [4.78, 5) is 22.6. The number of hydrogen-bond acceptors (Lipinski definition) is 4. The fourth-order valence-corrected chi connectivity index (χ4v) is 2.64. The summed E-state index contributed by atoms with van der Waals surface area (Å²) in [6.45, 7) is 2.65. The smallest absolute Gasteiger partial charge is 0.251 e. The molecule has 6 heteroatoms. The Labute approximate surface area is 147 Å². The molecule has 128 valence electrons. The lowest BCUT2D eigenvalue weighted by Crippen LogP contribution is -2.19. The molecular formula is C19H21N5O. The lowest BCUT2D eigenvalue weighted by Gasteiger charge is -2.19. The minimum Gasteiger partial charge on any atom is -0.355 e. The summed E-state index contributed by atoms with van der Waals surface area (Å²) >= 11 is 0. The van der Waals surface area contributed by atoms with E-state index in [0.29, 0.717) is 12.1 Å². The Kier molecular flexibility index (Phi) is 4.79. The van der Waals surface area contributed by atoms with Gasteiger partial charge in [0.1, 0.15) is 17.5 Å². The van der Waals surface area contributed by atoms with Crippen molar-refractivity contribution in [3.63, 3.8) is 0 Å². The normalized spacial score (nSPS) is 10.5. The molecule has 0 radical (unpaired) electrons. The van der Waals surface area contributed by atoms with Gasteiger partial charge >= 0.3 is 0 Å². The van der Waals surface area contributed by atoms with Crippen LogP contribution in [0.3, 0.4) is 0 Å². The van der Waals surface area contributed by atoms with Crippen LogP contribution in [-0.2, 0) is 6.54 Å². The van der Waals surface area contributed by atoms with Crippen LogP contribution in [0.25, 0.3) is 5.82 Å². The van der Waals surface area contributed by atoms with Gasteiger partial charge in [0.2, 0.25) is 0 Å². The fourth-order valence-electron chi connectivity index (χ4n) is 2.64. The summed E-state index contributed by atoms with van der Waals surface area (Å²) in [6.07, 6.45) is 3.67. The zero-order valence-electron chi connectivity index (χ0n) is 14.6. The molecule has 1 N–H and O–H groups in total. The molecule has 0 saturated heterocycles. The molecular weight excluding hydrogens is 314 g/mol. The highest BCUT2D eigenvalue weighted by molar-refractivity contribution is 5.93. The molecule has 1 amide bonds. The molecule has 3 rings (SSSR count). The number of carbonyl (C=O) groups excluding carboxylic acids is 1. The largest absolute Gasteiger partial charge is 0.355 e. The van der Waals surface area contributed by atoms with Crippen LogP contribution in [-0.4, -0.2) is 34.5 Å². The van der Waals surface area contributed by atoms with Crippen molar-refractivity contribution >= 4 is 11.7 Å². The number of anilines is 1. The summed E-state index contributed by atoms with van der Waals surface area (Å²) in [5.74, 6) is 2.54. The van der Waals surface area contributed by atoms with Gasteiger partial charge in [-0.2, -0.15) is 0 Å².